The van der Waals surface area contributed by atoms with Crippen molar-refractivity contribution in [3.63, 3.8) is 0 Å². The van der Waals surface area contributed by atoms with Gasteiger partial charge in [0.25, 0.3) is 5.91 Å². The van der Waals surface area contributed by atoms with Crippen molar-refractivity contribution < 1.29 is 14.3 Å². The van der Waals surface area contributed by atoms with E-state index in [1.807, 2.05) is 30.3 Å². The molecule has 0 saturated heterocycles. The van der Waals surface area contributed by atoms with Gasteiger partial charge in [-0.25, -0.2) is 0 Å². The first-order chi connectivity index (χ1) is 13.1. The van der Waals surface area contributed by atoms with E-state index < -0.39 is 0 Å². The van der Waals surface area contributed by atoms with Crippen LogP contribution in [0.3, 0.4) is 0 Å². The normalized spacial score (nSPS) is 17.7. The molecule has 144 valence electrons. The minimum Gasteiger partial charge on any atom is -0.493 e. The number of rotatable bonds is 6. The predicted molar refractivity (Wildman–Crippen MR) is 107 cm³/mol. The number of benzene rings is 2. The third kappa shape index (κ3) is 3.93. The summed E-state index contributed by atoms with van der Waals surface area (Å²) in [7, 11) is 3.31. The summed E-state index contributed by atoms with van der Waals surface area (Å²) >= 11 is 0. The van der Waals surface area contributed by atoms with Crippen LogP contribution in [0.1, 0.15) is 41.4 Å². The summed E-state index contributed by atoms with van der Waals surface area (Å²) in [6, 6.07) is 13.5. The highest BCUT2D eigenvalue weighted by molar-refractivity contribution is 5.94. The highest BCUT2D eigenvalue weighted by Crippen LogP contribution is 2.39. The minimum absolute atomic E-state index is 0.0465. The molecule has 0 bridgehead atoms. The highest BCUT2D eigenvalue weighted by Gasteiger charge is 2.33. The Morgan fingerprint density at radius 3 is 2.48 bits per heavy atom. The van der Waals surface area contributed by atoms with Crippen LogP contribution in [0.4, 0.5) is 0 Å². The van der Waals surface area contributed by atoms with Gasteiger partial charge in [-0.3, -0.25) is 9.69 Å². The molecule has 0 fully saturated rings. The molecule has 0 aliphatic carbocycles. The number of methoxy groups -OCH3 is 2. The quantitative estimate of drug-likeness (QED) is 0.849. The molecule has 3 rings (SSSR count). The largest absolute Gasteiger partial charge is 0.493 e. The lowest BCUT2D eigenvalue weighted by Gasteiger charge is -2.40. The molecule has 0 spiro atoms. The van der Waals surface area contributed by atoms with E-state index >= 15 is 0 Å². The fourth-order valence-corrected chi connectivity index (χ4v) is 3.93. The molecule has 2 unspecified atom stereocenters. The molecule has 5 nitrogen and oxygen atoms in total. The van der Waals surface area contributed by atoms with Crippen LogP contribution in [-0.2, 0) is 6.42 Å². The molecule has 0 saturated carbocycles. The van der Waals surface area contributed by atoms with Crippen LogP contribution in [0.5, 0.6) is 11.5 Å². The molecule has 5 heteroatoms. The van der Waals surface area contributed by atoms with Crippen LogP contribution in [-0.4, -0.2) is 44.2 Å². The molecule has 1 N–H and O–H groups in total. The number of nitrogens with zero attached hydrogens (tertiary/aromatic N) is 1. The number of ether oxygens (including phenoxy) is 2. The van der Waals surface area contributed by atoms with Gasteiger partial charge in [0.15, 0.2) is 11.5 Å². The van der Waals surface area contributed by atoms with Gasteiger partial charge in [-0.05, 0) is 55.3 Å². The summed E-state index contributed by atoms with van der Waals surface area (Å²) < 4.78 is 11.0. The van der Waals surface area contributed by atoms with Gasteiger partial charge in [-0.15, -0.1) is 0 Å². The lowest BCUT2D eigenvalue weighted by atomic mass is 9.88. The highest BCUT2D eigenvalue weighted by atomic mass is 16.5. The Balaban J connectivity index is 1.92. The molecule has 0 aromatic heterocycles. The topological polar surface area (TPSA) is 50.8 Å². The van der Waals surface area contributed by atoms with Crippen LogP contribution >= 0.6 is 0 Å². The molecule has 1 amide bonds. The Morgan fingerprint density at radius 2 is 1.85 bits per heavy atom. The second kappa shape index (κ2) is 8.44. The van der Waals surface area contributed by atoms with Crippen LogP contribution in [0.15, 0.2) is 42.5 Å². The summed E-state index contributed by atoms with van der Waals surface area (Å²) in [5.41, 5.74) is 3.13. The Hall–Kier alpha value is -2.53. The average molecular weight is 368 g/mol. The van der Waals surface area contributed by atoms with E-state index in [4.69, 9.17) is 9.47 Å². The number of fused-ring (bicyclic) bond motifs is 1. The first-order valence-electron chi connectivity index (χ1n) is 9.43. The number of hydrogen-bond acceptors (Lipinski definition) is 4. The summed E-state index contributed by atoms with van der Waals surface area (Å²) in [4.78, 5) is 15.1. The molecular weight excluding hydrogens is 340 g/mol. The number of nitrogens with one attached hydrogen (secondary N) is 1. The standard InChI is InChI=1S/C22H28N2O3/c1-5-24-12-11-17-13-19(26-3)20(27-4)14-18(17)21(24)15(2)23-22(25)16-9-7-6-8-10-16/h6-10,13-15,21H,5,11-12H2,1-4H3,(H,23,25). The maximum Gasteiger partial charge on any atom is 0.251 e. The number of carbonyl (C=O) groups is 1. The molecule has 1 aliphatic heterocycles. The Bertz CT molecular complexity index is 792. The van der Waals surface area contributed by atoms with Crippen molar-refractivity contribution in [2.45, 2.75) is 32.4 Å². The molecule has 1 heterocycles. The first-order valence-corrected chi connectivity index (χ1v) is 9.43. The second-order valence-electron chi connectivity index (χ2n) is 6.86. The van der Waals surface area contributed by atoms with E-state index in [1.165, 1.54) is 11.1 Å². The van der Waals surface area contributed by atoms with Gasteiger partial charge in [0.1, 0.15) is 0 Å². The van der Waals surface area contributed by atoms with Crippen molar-refractivity contribution in [2.24, 2.45) is 0 Å². The second-order valence-corrected chi connectivity index (χ2v) is 6.86. The fourth-order valence-electron chi connectivity index (χ4n) is 3.93. The molecule has 2 aromatic rings. The molecule has 27 heavy (non-hydrogen) atoms. The van der Waals surface area contributed by atoms with Crippen molar-refractivity contribution in [1.29, 1.82) is 0 Å². The predicted octanol–water partition coefficient (Wildman–Crippen LogP) is 3.44. The van der Waals surface area contributed by atoms with Gasteiger partial charge in [-0.2, -0.15) is 0 Å². The summed E-state index contributed by atoms with van der Waals surface area (Å²) in [5, 5.41) is 3.18. The van der Waals surface area contributed by atoms with E-state index in [-0.39, 0.29) is 18.0 Å². The molecule has 0 radical (unpaired) electrons. The molecule has 1 aliphatic rings. The van der Waals surface area contributed by atoms with Gasteiger partial charge >= 0.3 is 0 Å². The van der Waals surface area contributed by atoms with E-state index in [0.717, 1.165) is 31.0 Å². The smallest absolute Gasteiger partial charge is 0.251 e. The summed E-state index contributed by atoms with van der Waals surface area (Å²) in [6.45, 7) is 6.10. The number of amides is 1. The van der Waals surface area contributed by atoms with E-state index in [2.05, 4.69) is 36.2 Å². The lowest BCUT2D eigenvalue weighted by molar-refractivity contribution is 0.0889. The van der Waals surface area contributed by atoms with Crippen LogP contribution in [0, 0.1) is 0 Å². The first kappa shape index (κ1) is 19.2. The minimum atomic E-state index is -0.0493. The zero-order valence-electron chi connectivity index (χ0n) is 16.5. The number of carbonyl (C=O) groups excluding carboxylic acids is 1. The zero-order chi connectivity index (χ0) is 19.4. The molecule has 2 atom stereocenters. The van der Waals surface area contributed by atoms with Gasteiger partial charge < -0.3 is 14.8 Å². The monoisotopic (exact) mass is 368 g/mol. The lowest BCUT2D eigenvalue weighted by Crippen LogP contribution is -2.47. The van der Waals surface area contributed by atoms with Crippen molar-refractivity contribution in [2.75, 3.05) is 27.3 Å². The van der Waals surface area contributed by atoms with Crippen molar-refractivity contribution in [1.82, 2.24) is 10.2 Å². The maximum absolute atomic E-state index is 12.7. The van der Waals surface area contributed by atoms with Crippen molar-refractivity contribution in [3.8, 4) is 11.5 Å². The average Bonchev–Trinajstić information content (AvgIpc) is 2.72. The van der Waals surface area contributed by atoms with Gasteiger partial charge in [0.05, 0.1) is 20.3 Å². The van der Waals surface area contributed by atoms with E-state index in [0.29, 0.717) is 5.56 Å². The third-order valence-electron chi connectivity index (χ3n) is 5.30. The third-order valence-corrected chi connectivity index (χ3v) is 5.30. The van der Waals surface area contributed by atoms with Gasteiger partial charge in [0.2, 0.25) is 0 Å². The van der Waals surface area contributed by atoms with Crippen molar-refractivity contribution >= 4 is 5.91 Å². The Kier molecular flexibility index (Phi) is 6.01. The fraction of sp³-hybridized carbons (Fsp3) is 0.409. The van der Waals surface area contributed by atoms with Crippen molar-refractivity contribution in [3.05, 3.63) is 59.2 Å². The van der Waals surface area contributed by atoms with E-state index in [1.54, 1.807) is 14.2 Å². The maximum atomic E-state index is 12.7. The Morgan fingerprint density at radius 1 is 1.19 bits per heavy atom. The Labute approximate surface area is 161 Å². The van der Waals surface area contributed by atoms with E-state index in [9.17, 15) is 4.79 Å². The number of hydrogen-bond donors (Lipinski definition) is 1. The number of likely N-dealkylation sites (N-methyl/N-ethyl adjacent to an activating group) is 1. The summed E-state index contributed by atoms with van der Waals surface area (Å²) in [6.07, 6.45) is 0.958. The van der Waals surface area contributed by atoms with Crippen LogP contribution < -0.4 is 14.8 Å². The van der Waals surface area contributed by atoms with Gasteiger partial charge in [-0.1, -0.05) is 25.1 Å². The molecule has 2 aromatic carbocycles. The zero-order valence-corrected chi connectivity index (χ0v) is 16.5. The van der Waals surface area contributed by atoms with Gasteiger partial charge in [0, 0.05) is 18.2 Å². The van der Waals surface area contributed by atoms with Crippen LogP contribution in [0.2, 0.25) is 0 Å². The van der Waals surface area contributed by atoms with Crippen LogP contribution in [0.25, 0.3) is 0 Å². The molecular formula is C22H28N2O3. The summed E-state index contributed by atoms with van der Waals surface area (Å²) in [5.74, 6) is 1.42. The SMILES string of the molecule is CCN1CCc2cc(OC)c(OC)cc2C1C(C)NC(=O)c1ccccc1.